The molecule has 0 saturated carbocycles. The Bertz CT molecular complexity index is 832. The quantitative estimate of drug-likeness (QED) is 0.712. The smallest absolute Gasteiger partial charge is 0.280 e. The van der Waals surface area contributed by atoms with E-state index < -0.39 is 0 Å². The molecule has 3 aromatic rings. The first-order valence-electron chi connectivity index (χ1n) is 6.71. The first kappa shape index (κ1) is 12.7. The van der Waals surface area contributed by atoms with Gasteiger partial charge in [-0.15, -0.1) is 15.3 Å². The molecule has 3 rings (SSSR count). The van der Waals surface area contributed by atoms with Crippen molar-refractivity contribution in [2.75, 3.05) is 0 Å². The van der Waals surface area contributed by atoms with Crippen molar-refractivity contribution in [3.8, 4) is 0 Å². The number of hydrogen-bond donors (Lipinski definition) is 0. The topological polar surface area (TPSA) is 78.0 Å². The van der Waals surface area contributed by atoms with Crippen LogP contribution in [0.25, 0.3) is 16.8 Å². The van der Waals surface area contributed by atoms with Crippen LogP contribution in [0.2, 0.25) is 0 Å². The fourth-order valence-electron chi connectivity index (χ4n) is 2.17. The van der Waals surface area contributed by atoms with Crippen molar-refractivity contribution < 1.29 is 0 Å². The molecule has 0 aliphatic heterocycles. The molecule has 0 fully saturated rings. The highest BCUT2D eigenvalue weighted by atomic mass is 16.1. The minimum absolute atomic E-state index is 0.140. The summed E-state index contributed by atoms with van der Waals surface area (Å²) in [5, 5.41) is 12.3. The minimum atomic E-state index is -0.140. The van der Waals surface area contributed by atoms with Gasteiger partial charge in [0.2, 0.25) is 0 Å². The SMILES string of the molecule is CCc1nc2nnc3c(=O)n(CC(C)C)ccc3n2n1. The molecule has 0 saturated heterocycles. The zero-order valence-electron chi connectivity index (χ0n) is 11.7. The van der Waals surface area contributed by atoms with E-state index in [1.165, 1.54) is 0 Å². The summed E-state index contributed by atoms with van der Waals surface area (Å²) in [4.78, 5) is 16.6. The normalized spacial score (nSPS) is 11.8. The van der Waals surface area contributed by atoms with Crippen molar-refractivity contribution in [2.45, 2.75) is 33.7 Å². The number of aryl methyl sites for hydroxylation is 1. The zero-order valence-corrected chi connectivity index (χ0v) is 11.7. The zero-order chi connectivity index (χ0) is 14.3. The molecule has 0 unspecified atom stereocenters. The van der Waals surface area contributed by atoms with E-state index in [0.29, 0.717) is 35.1 Å². The van der Waals surface area contributed by atoms with Crippen LogP contribution in [0.3, 0.4) is 0 Å². The standard InChI is InChI=1S/C13H16N6O/c1-4-10-14-13-16-15-11-9(19(13)17-10)5-6-18(12(11)20)7-8(2)3/h5-6,8H,4,7H2,1-3H3. The highest BCUT2D eigenvalue weighted by molar-refractivity contribution is 5.74. The molecule has 0 spiro atoms. The van der Waals surface area contributed by atoms with E-state index in [9.17, 15) is 4.79 Å². The third-order valence-corrected chi connectivity index (χ3v) is 3.10. The molecule has 0 aliphatic carbocycles. The fourth-order valence-corrected chi connectivity index (χ4v) is 2.17. The van der Waals surface area contributed by atoms with Gasteiger partial charge in [-0.1, -0.05) is 20.8 Å². The summed E-state index contributed by atoms with van der Waals surface area (Å²) in [5.74, 6) is 1.51. The van der Waals surface area contributed by atoms with E-state index in [4.69, 9.17) is 0 Å². The molecular weight excluding hydrogens is 256 g/mol. The molecule has 3 aromatic heterocycles. The third kappa shape index (κ3) is 1.95. The number of rotatable bonds is 3. The summed E-state index contributed by atoms with van der Waals surface area (Å²) in [6.45, 7) is 6.76. The van der Waals surface area contributed by atoms with Crippen molar-refractivity contribution in [2.24, 2.45) is 5.92 Å². The van der Waals surface area contributed by atoms with E-state index in [1.54, 1.807) is 15.3 Å². The van der Waals surface area contributed by atoms with Crippen LogP contribution >= 0.6 is 0 Å². The molecule has 7 heteroatoms. The van der Waals surface area contributed by atoms with Gasteiger partial charge in [-0.3, -0.25) is 4.79 Å². The molecular formula is C13H16N6O. The predicted molar refractivity (Wildman–Crippen MR) is 74.6 cm³/mol. The minimum Gasteiger partial charge on any atom is -0.313 e. The Balaban J connectivity index is 2.28. The van der Waals surface area contributed by atoms with Gasteiger partial charge in [0.1, 0.15) is 5.52 Å². The largest absolute Gasteiger partial charge is 0.313 e. The highest BCUT2D eigenvalue weighted by Crippen LogP contribution is 2.09. The third-order valence-electron chi connectivity index (χ3n) is 3.10. The van der Waals surface area contributed by atoms with Crippen LogP contribution in [-0.4, -0.2) is 29.4 Å². The lowest BCUT2D eigenvalue weighted by Gasteiger charge is -2.08. The Morgan fingerprint density at radius 2 is 2.10 bits per heavy atom. The molecule has 0 radical (unpaired) electrons. The lowest BCUT2D eigenvalue weighted by molar-refractivity contribution is 0.512. The molecule has 104 valence electrons. The first-order valence-corrected chi connectivity index (χ1v) is 6.71. The van der Waals surface area contributed by atoms with Crippen LogP contribution in [0.1, 0.15) is 26.6 Å². The molecule has 0 atom stereocenters. The number of hydrogen-bond acceptors (Lipinski definition) is 5. The second-order valence-corrected chi connectivity index (χ2v) is 5.19. The van der Waals surface area contributed by atoms with Crippen LogP contribution < -0.4 is 5.56 Å². The molecule has 7 nitrogen and oxygen atoms in total. The summed E-state index contributed by atoms with van der Waals surface area (Å²) >= 11 is 0. The van der Waals surface area contributed by atoms with Crippen LogP contribution in [0.15, 0.2) is 17.1 Å². The maximum Gasteiger partial charge on any atom is 0.280 e. The average molecular weight is 272 g/mol. The van der Waals surface area contributed by atoms with Gasteiger partial charge in [0.25, 0.3) is 11.3 Å². The van der Waals surface area contributed by atoms with Crippen molar-refractivity contribution >= 4 is 16.8 Å². The van der Waals surface area contributed by atoms with Gasteiger partial charge in [0, 0.05) is 19.2 Å². The van der Waals surface area contributed by atoms with Gasteiger partial charge in [0.15, 0.2) is 11.3 Å². The van der Waals surface area contributed by atoms with Gasteiger partial charge in [0.05, 0.1) is 0 Å². The number of fused-ring (bicyclic) bond motifs is 3. The molecule has 0 N–H and O–H groups in total. The number of pyridine rings is 1. The first-order chi connectivity index (χ1) is 9.60. The molecule has 0 aromatic carbocycles. The van der Waals surface area contributed by atoms with E-state index in [2.05, 4.69) is 34.1 Å². The second-order valence-electron chi connectivity index (χ2n) is 5.19. The summed E-state index contributed by atoms with van der Waals surface area (Å²) in [6.07, 6.45) is 2.49. The van der Waals surface area contributed by atoms with Crippen LogP contribution in [0.5, 0.6) is 0 Å². The van der Waals surface area contributed by atoms with Crippen molar-refractivity contribution in [3.63, 3.8) is 0 Å². The van der Waals surface area contributed by atoms with Gasteiger partial charge in [-0.05, 0) is 12.0 Å². The summed E-state index contributed by atoms with van der Waals surface area (Å²) in [6, 6.07) is 1.84. The van der Waals surface area contributed by atoms with Gasteiger partial charge in [-0.25, -0.2) is 0 Å². The van der Waals surface area contributed by atoms with Crippen LogP contribution in [0.4, 0.5) is 0 Å². The predicted octanol–water partition coefficient (Wildman–Crippen LogP) is 1.05. The van der Waals surface area contributed by atoms with Crippen molar-refractivity contribution in [3.05, 3.63) is 28.4 Å². The Morgan fingerprint density at radius 3 is 2.80 bits per heavy atom. The van der Waals surface area contributed by atoms with E-state index >= 15 is 0 Å². The Labute approximate surface area is 115 Å². The highest BCUT2D eigenvalue weighted by Gasteiger charge is 2.12. The van der Waals surface area contributed by atoms with Crippen molar-refractivity contribution in [1.82, 2.24) is 29.4 Å². The molecule has 0 bridgehead atoms. The average Bonchev–Trinajstić information content (AvgIpc) is 2.84. The lowest BCUT2D eigenvalue weighted by atomic mass is 10.2. The van der Waals surface area contributed by atoms with Gasteiger partial charge in [-0.2, -0.15) is 9.50 Å². The molecule has 0 amide bonds. The van der Waals surface area contributed by atoms with Crippen molar-refractivity contribution in [1.29, 1.82) is 0 Å². The monoisotopic (exact) mass is 272 g/mol. The summed E-state index contributed by atoms with van der Waals surface area (Å²) < 4.78 is 3.24. The van der Waals surface area contributed by atoms with Crippen LogP contribution in [-0.2, 0) is 13.0 Å². The Hall–Kier alpha value is -2.31. The second kappa shape index (κ2) is 4.66. The Morgan fingerprint density at radius 1 is 1.30 bits per heavy atom. The molecule has 0 aliphatic rings. The lowest BCUT2D eigenvalue weighted by Crippen LogP contribution is -2.23. The summed E-state index contributed by atoms with van der Waals surface area (Å²) in [7, 11) is 0. The number of nitrogens with zero attached hydrogens (tertiary/aromatic N) is 6. The fraction of sp³-hybridized carbons (Fsp3) is 0.462. The number of aromatic nitrogens is 6. The van der Waals surface area contributed by atoms with E-state index in [0.717, 1.165) is 6.42 Å². The Kier molecular flexibility index (Phi) is 2.96. The summed E-state index contributed by atoms with van der Waals surface area (Å²) in [5.41, 5.74) is 0.833. The van der Waals surface area contributed by atoms with E-state index in [1.807, 2.05) is 13.0 Å². The maximum atomic E-state index is 12.4. The van der Waals surface area contributed by atoms with Crippen LogP contribution in [0, 0.1) is 5.92 Å². The van der Waals surface area contributed by atoms with Gasteiger partial charge >= 0.3 is 0 Å². The molecule has 3 heterocycles. The maximum absolute atomic E-state index is 12.4. The molecule has 20 heavy (non-hydrogen) atoms. The van der Waals surface area contributed by atoms with Gasteiger partial charge < -0.3 is 4.57 Å². The van der Waals surface area contributed by atoms with E-state index in [-0.39, 0.29) is 5.56 Å².